The highest BCUT2D eigenvalue weighted by atomic mass is 32.1. The lowest BCUT2D eigenvalue weighted by Crippen LogP contribution is -2.25. The summed E-state index contributed by atoms with van der Waals surface area (Å²) in [4.78, 5) is 1.30. The molecule has 1 heterocycles. The van der Waals surface area contributed by atoms with Crippen LogP contribution in [-0.4, -0.2) is 31.5 Å². The Morgan fingerprint density at radius 2 is 2.00 bits per heavy atom. The largest absolute Gasteiger partial charge is 0.391 e. The third kappa shape index (κ3) is 4.93. The van der Waals surface area contributed by atoms with Crippen LogP contribution < -0.4 is 5.32 Å². The number of ether oxygens (including phenoxy) is 1. The van der Waals surface area contributed by atoms with Crippen molar-refractivity contribution >= 4 is 11.3 Å². The molecule has 0 radical (unpaired) electrons. The fraction of sp³-hybridized carbons (Fsp3) is 0.412. The number of hydrogen-bond acceptors (Lipinski definition) is 4. The number of rotatable bonds is 8. The molecule has 0 amide bonds. The summed E-state index contributed by atoms with van der Waals surface area (Å²) < 4.78 is 4.92. The third-order valence-electron chi connectivity index (χ3n) is 3.50. The lowest BCUT2D eigenvalue weighted by molar-refractivity contribution is 0.0590. The van der Waals surface area contributed by atoms with E-state index in [0.717, 1.165) is 6.54 Å². The van der Waals surface area contributed by atoms with Gasteiger partial charge in [-0.25, -0.2) is 0 Å². The van der Waals surface area contributed by atoms with E-state index >= 15 is 0 Å². The minimum atomic E-state index is -0.393. The highest BCUT2D eigenvalue weighted by Crippen LogP contribution is 2.25. The normalized spacial score (nSPS) is 14.0. The predicted octanol–water partition coefficient (Wildman–Crippen LogP) is 3.46. The Kier molecular flexibility index (Phi) is 6.39. The molecule has 0 spiro atoms. The molecule has 0 saturated heterocycles. The minimum Gasteiger partial charge on any atom is -0.391 e. The number of aliphatic hydroxyl groups is 1. The molecule has 1 aromatic carbocycles. The monoisotopic (exact) mass is 305 g/mol. The van der Waals surface area contributed by atoms with Crippen molar-refractivity contribution in [2.75, 3.05) is 20.3 Å². The molecule has 0 aliphatic heterocycles. The van der Waals surface area contributed by atoms with Gasteiger partial charge in [-0.1, -0.05) is 30.3 Å². The van der Waals surface area contributed by atoms with E-state index in [1.54, 1.807) is 18.4 Å². The molecule has 2 N–H and O–H groups in total. The Bertz CT molecular complexity index is 510. The first-order valence-electron chi connectivity index (χ1n) is 7.25. The van der Waals surface area contributed by atoms with Gasteiger partial charge >= 0.3 is 0 Å². The molecule has 0 fully saturated rings. The molecule has 114 valence electrons. The summed E-state index contributed by atoms with van der Waals surface area (Å²) in [6, 6.07) is 13.1. The standard InChI is InChI=1S/C17H23NO2S/c1-13(18-10-9-16(19)12-20-2)14-5-7-15(8-6-14)17-4-3-11-21-17/h3-8,11,13,16,18-19H,9-10,12H2,1-2H3. The average Bonchev–Trinajstić information content (AvgIpc) is 3.02. The second-order valence-electron chi connectivity index (χ2n) is 5.17. The van der Waals surface area contributed by atoms with Crippen LogP contribution in [0.15, 0.2) is 41.8 Å². The molecule has 0 aliphatic rings. The topological polar surface area (TPSA) is 41.5 Å². The van der Waals surface area contributed by atoms with Crippen LogP contribution in [0.5, 0.6) is 0 Å². The Hall–Kier alpha value is -1.20. The Morgan fingerprint density at radius 1 is 1.24 bits per heavy atom. The fourth-order valence-electron chi connectivity index (χ4n) is 2.24. The SMILES string of the molecule is COCC(O)CCNC(C)c1ccc(-c2cccs2)cc1. The number of aliphatic hydroxyl groups excluding tert-OH is 1. The van der Waals surface area contributed by atoms with Gasteiger partial charge in [0.15, 0.2) is 0 Å². The van der Waals surface area contributed by atoms with Crippen LogP contribution in [0, 0.1) is 0 Å². The van der Waals surface area contributed by atoms with E-state index < -0.39 is 6.10 Å². The minimum absolute atomic E-state index is 0.275. The van der Waals surface area contributed by atoms with E-state index in [0.29, 0.717) is 13.0 Å². The number of hydrogen-bond donors (Lipinski definition) is 2. The zero-order chi connectivity index (χ0) is 15.1. The van der Waals surface area contributed by atoms with Crippen molar-refractivity contribution in [3.05, 3.63) is 47.3 Å². The van der Waals surface area contributed by atoms with Crippen molar-refractivity contribution in [2.45, 2.75) is 25.5 Å². The van der Waals surface area contributed by atoms with Gasteiger partial charge < -0.3 is 15.2 Å². The van der Waals surface area contributed by atoms with Crippen molar-refractivity contribution in [3.63, 3.8) is 0 Å². The van der Waals surface area contributed by atoms with Crippen molar-refractivity contribution in [1.82, 2.24) is 5.32 Å². The van der Waals surface area contributed by atoms with Crippen molar-refractivity contribution in [1.29, 1.82) is 0 Å². The van der Waals surface area contributed by atoms with Gasteiger partial charge in [0.1, 0.15) is 0 Å². The second-order valence-corrected chi connectivity index (χ2v) is 6.12. The van der Waals surface area contributed by atoms with Gasteiger partial charge in [-0.05, 0) is 42.5 Å². The quantitative estimate of drug-likeness (QED) is 0.785. The van der Waals surface area contributed by atoms with Crippen LogP contribution in [0.25, 0.3) is 10.4 Å². The maximum Gasteiger partial charge on any atom is 0.0785 e. The summed E-state index contributed by atoms with van der Waals surface area (Å²) >= 11 is 1.76. The summed E-state index contributed by atoms with van der Waals surface area (Å²) in [6.45, 7) is 3.31. The highest BCUT2D eigenvalue weighted by Gasteiger charge is 2.07. The second kappa shape index (κ2) is 8.29. The molecule has 0 bridgehead atoms. The summed E-state index contributed by atoms with van der Waals surface area (Å²) in [5, 5.41) is 15.1. The lowest BCUT2D eigenvalue weighted by atomic mass is 10.1. The maximum atomic E-state index is 9.61. The molecular formula is C17H23NO2S. The van der Waals surface area contributed by atoms with Gasteiger partial charge in [-0.2, -0.15) is 0 Å². The third-order valence-corrected chi connectivity index (χ3v) is 4.42. The van der Waals surface area contributed by atoms with Gasteiger partial charge in [0, 0.05) is 18.0 Å². The van der Waals surface area contributed by atoms with Crippen LogP contribution in [0.1, 0.15) is 24.9 Å². The number of benzene rings is 1. The Morgan fingerprint density at radius 3 is 2.62 bits per heavy atom. The molecule has 2 aromatic rings. The molecule has 4 heteroatoms. The summed E-state index contributed by atoms with van der Waals surface area (Å²) in [5.41, 5.74) is 2.52. The summed E-state index contributed by atoms with van der Waals surface area (Å²) in [6.07, 6.45) is 0.307. The van der Waals surface area contributed by atoms with Crippen LogP contribution in [0.4, 0.5) is 0 Å². The molecule has 2 atom stereocenters. The molecule has 0 aliphatic carbocycles. The Labute approximate surface area is 130 Å². The summed E-state index contributed by atoms with van der Waals surface area (Å²) in [7, 11) is 1.61. The average molecular weight is 305 g/mol. The predicted molar refractivity (Wildman–Crippen MR) is 88.7 cm³/mol. The van der Waals surface area contributed by atoms with E-state index in [4.69, 9.17) is 4.74 Å². The van der Waals surface area contributed by atoms with E-state index in [1.165, 1.54) is 16.0 Å². The lowest BCUT2D eigenvalue weighted by Gasteiger charge is -2.16. The zero-order valence-electron chi connectivity index (χ0n) is 12.6. The van der Waals surface area contributed by atoms with Gasteiger partial charge in [0.25, 0.3) is 0 Å². The van der Waals surface area contributed by atoms with Crippen molar-refractivity contribution in [3.8, 4) is 10.4 Å². The van der Waals surface area contributed by atoms with E-state index in [-0.39, 0.29) is 6.04 Å². The molecule has 0 saturated carbocycles. The molecule has 21 heavy (non-hydrogen) atoms. The summed E-state index contributed by atoms with van der Waals surface area (Å²) in [5.74, 6) is 0. The first-order chi connectivity index (χ1) is 10.2. The highest BCUT2D eigenvalue weighted by molar-refractivity contribution is 7.13. The smallest absolute Gasteiger partial charge is 0.0785 e. The van der Waals surface area contributed by atoms with E-state index in [2.05, 4.69) is 54.0 Å². The fourth-order valence-corrected chi connectivity index (χ4v) is 2.97. The number of nitrogens with one attached hydrogen (secondary N) is 1. The maximum absolute atomic E-state index is 9.61. The van der Waals surface area contributed by atoms with Crippen molar-refractivity contribution in [2.24, 2.45) is 0 Å². The first kappa shape index (κ1) is 16.2. The van der Waals surface area contributed by atoms with Crippen LogP contribution >= 0.6 is 11.3 Å². The Balaban J connectivity index is 1.84. The van der Waals surface area contributed by atoms with Crippen LogP contribution in [-0.2, 0) is 4.74 Å². The number of thiophene rings is 1. The van der Waals surface area contributed by atoms with Gasteiger partial charge in [-0.15, -0.1) is 11.3 Å². The van der Waals surface area contributed by atoms with E-state index in [9.17, 15) is 5.11 Å². The molecule has 2 unspecified atom stereocenters. The molecular weight excluding hydrogens is 282 g/mol. The van der Waals surface area contributed by atoms with Gasteiger partial charge in [-0.3, -0.25) is 0 Å². The van der Waals surface area contributed by atoms with Crippen LogP contribution in [0.3, 0.4) is 0 Å². The van der Waals surface area contributed by atoms with Crippen LogP contribution in [0.2, 0.25) is 0 Å². The molecule has 3 nitrogen and oxygen atoms in total. The molecule has 1 aromatic heterocycles. The van der Waals surface area contributed by atoms with E-state index in [1.807, 2.05) is 0 Å². The molecule has 2 rings (SSSR count). The zero-order valence-corrected chi connectivity index (χ0v) is 13.4. The first-order valence-corrected chi connectivity index (χ1v) is 8.13. The number of methoxy groups -OCH3 is 1. The van der Waals surface area contributed by atoms with Crippen molar-refractivity contribution < 1.29 is 9.84 Å². The van der Waals surface area contributed by atoms with Gasteiger partial charge in [0.05, 0.1) is 12.7 Å². The van der Waals surface area contributed by atoms with Gasteiger partial charge in [0.2, 0.25) is 0 Å².